The third kappa shape index (κ3) is 2.29. The van der Waals surface area contributed by atoms with Crippen LogP contribution in [0.15, 0.2) is 12.1 Å². The minimum Gasteiger partial charge on any atom is -0.496 e. The molecule has 2 aromatic rings. The topological polar surface area (TPSA) is 93.6 Å². The summed E-state index contributed by atoms with van der Waals surface area (Å²) in [5, 5.41) is 9.85. The number of pyridine rings is 1. The molecule has 1 fully saturated rings. The van der Waals surface area contributed by atoms with Crippen molar-refractivity contribution in [2.45, 2.75) is 18.8 Å². The Morgan fingerprint density at radius 3 is 2.59 bits per heavy atom. The van der Waals surface area contributed by atoms with Crippen molar-refractivity contribution in [3.63, 3.8) is 0 Å². The van der Waals surface area contributed by atoms with E-state index < -0.39 is 0 Å². The number of piperidine rings is 1. The van der Waals surface area contributed by atoms with Crippen LogP contribution in [0.25, 0.3) is 11.1 Å². The van der Waals surface area contributed by atoms with Crippen LogP contribution in [0, 0.1) is 11.3 Å². The van der Waals surface area contributed by atoms with E-state index in [9.17, 15) is 5.26 Å². The van der Waals surface area contributed by atoms with Gasteiger partial charge in [0.1, 0.15) is 36.4 Å². The first-order chi connectivity index (χ1) is 13.2. The van der Waals surface area contributed by atoms with Crippen LogP contribution in [0.3, 0.4) is 0 Å². The van der Waals surface area contributed by atoms with Gasteiger partial charge in [0.25, 0.3) is 0 Å². The van der Waals surface area contributed by atoms with E-state index in [4.69, 9.17) is 19.9 Å². The number of nitrogens with zero attached hydrogens (tertiary/aromatic N) is 3. The van der Waals surface area contributed by atoms with E-state index in [2.05, 4.69) is 16.0 Å². The third-order valence-electron chi connectivity index (χ3n) is 5.67. The molecule has 138 valence electrons. The van der Waals surface area contributed by atoms with E-state index in [1.807, 2.05) is 12.1 Å². The number of methoxy groups -OCH3 is 1. The molecule has 0 atom stereocenters. The first-order valence-corrected chi connectivity index (χ1v) is 9.17. The summed E-state index contributed by atoms with van der Waals surface area (Å²) < 4.78 is 17.1. The molecule has 2 bridgehead atoms. The molecule has 4 aliphatic heterocycles. The summed E-state index contributed by atoms with van der Waals surface area (Å²) in [4.78, 5) is 6.93. The van der Waals surface area contributed by atoms with Crippen LogP contribution >= 0.6 is 0 Å². The quantitative estimate of drug-likeness (QED) is 0.875. The minimum atomic E-state index is 0.275. The van der Waals surface area contributed by atoms with E-state index in [0.29, 0.717) is 41.9 Å². The van der Waals surface area contributed by atoms with Crippen molar-refractivity contribution in [3.8, 4) is 34.4 Å². The number of nitriles is 1. The van der Waals surface area contributed by atoms with Crippen molar-refractivity contribution >= 4 is 11.5 Å². The van der Waals surface area contributed by atoms with Crippen molar-refractivity contribution in [3.05, 3.63) is 23.4 Å². The monoisotopic (exact) mass is 364 g/mol. The smallest absolute Gasteiger partial charge is 0.165 e. The second kappa shape index (κ2) is 5.95. The maximum atomic E-state index is 9.85. The van der Waals surface area contributed by atoms with Crippen molar-refractivity contribution < 1.29 is 14.2 Å². The van der Waals surface area contributed by atoms with E-state index in [1.165, 1.54) is 0 Å². The molecule has 1 saturated heterocycles. The van der Waals surface area contributed by atoms with Gasteiger partial charge in [0.05, 0.1) is 18.5 Å². The number of benzene rings is 1. The van der Waals surface area contributed by atoms with Gasteiger partial charge >= 0.3 is 0 Å². The van der Waals surface area contributed by atoms with Gasteiger partial charge in [0.15, 0.2) is 11.5 Å². The van der Waals surface area contributed by atoms with Gasteiger partial charge in [0.2, 0.25) is 0 Å². The molecule has 2 N–H and O–H groups in total. The van der Waals surface area contributed by atoms with Crippen molar-refractivity contribution in [2.24, 2.45) is 0 Å². The minimum absolute atomic E-state index is 0.275. The standard InChI is InChI=1S/C20H20N4O3/c1-25-14-9-16-15(26-6-7-27-16)8-12(14)17-13(10-21)20(22)23-18-11-2-4-24(5-3-11)19(17)18/h8-9,11H,2-7H2,1H3,(H2,22,23). The average molecular weight is 364 g/mol. The van der Waals surface area contributed by atoms with Crippen LogP contribution < -0.4 is 24.8 Å². The summed E-state index contributed by atoms with van der Waals surface area (Å²) in [6, 6.07) is 5.98. The lowest BCUT2D eigenvalue weighted by Gasteiger charge is -2.43. The Labute approximate surface area is 157 Å². The van der Waals surface area contributed by atoms with E-state index >= 15 is 0 Å². The molecule has 0 unspecified atom stereocenters. The Morgan fingerprint density at radius 1 is 1.22 bits per heavy atom. The molecule has 7 nitrogen and oxygen atoms in total. The van der Waals surface area contributed by atoms with Gasteiger partial charge in [-0.05, 0) is 18.9 Å². The molecule has 0 saturated carbocycles. The molecule has 0 spiro atoms. The molecule has 0 aliphatic carbocycles. The molecule has 6 rings (SSSR count). The van der Waals surface area contributed by atoms with E-state index in [1.54, 1.807) is 7.11 Å². The summed E-state index contributed by atoms with van der Waals surface area (Å²) in [6.07, 6.45) is 2.14. The maximum Gasteiger partial charge on any atom is 0.165 e. The second-order valence-corrected chi connectivity index (χ2v) is 7.05. The van der Waals surface area contributed by atoms with Crippen molar-refractivity contribution in [2.75, 3.05) is 44.0 Å². The fourth-order valence-electron chi connectivity index (χ4n) is 4.40. The zero-order valence-electron chi connectivity index (χ0n) is 15.1. The summed E-state index contributed by atoms with van der Waals surface area (Å²) in [7, 11) is 1.62. The lowest BCUT2D eigenvalue weighted by atomic mass is 9.82. The van der Waals surface area contributed by atoms with Crippen LogP contribution in [-0.4, -0.2) is 38.4 Å². The lowest BCUT2D eigenvalue weighted by Crippen LogP contribution is -2.40. The Balaban J connectivity index is 1.82. The van der Waals surface area contributed by atoms with Gasteiger partial charge < -0.3 is 24.8 Å². The van der Waals surface area contributed by atoms with Gasteiger partial charge in [-0.2, -0.15) is 5.26 Å². The van der Waals surface area contributed by atoms with Crippen molar-refractivity contribution in [1.82, 2.24) is 4.98 Å². The second-order valence-electron chi connectivity index (χ2n) is 7.05. The van der Waals surface area contributed by atoms with Gasteiger partial charge in [-0.3, -0.25) is 0 Å². The molecule has 5 heterocycles. The Kier molecular flexibility index (Phi) is 3.54. The molecular formula is C20H20N4O3. The van der Waals surface area contributed by atoms with Crippen LogP contribution in [-0.2, 0) is 0 Å². The highest BCUT2D eigenvalue weighted by atomic mass is 16.6. The van der Waals surface area contributed by atoms with E-state index in [-0.39, 0.29) is 5.82 Å². The fourth-order valence-corrected chi connectivity index (χ4v) is 4.40. The predicted octanol–water partition coefficient (Wildman–Crippen LogP) is 2.68. The number of fused-ring (bicyclic) bond motifs is 3. The van der Waals surface area contributed by atoms with Gasteiger partial charge in [-0.1, -0.05) is 0 Å². The highest BCUT2D eigenvalue weighted by Crippen LogP contribution is 2.52. The third-order valence-corrected chi connectivity index (χ3v) is 5.67. The van der Waals surface area contributed by atoms with Crippen LogP contribution in [0.5, 0.6) is 17.2 Å². The highest BCUT2D eigenvalue weighted by molar-refractivity contribution is 5.92. The Hall–Kier alpha value is -3.14. The zero-order chi connectivity index (χ0) is 18.5. The van der Waals surface area contributed by atoms with Crippen molar-refractivity contribution in [1.29, 1.82) is 5.26 Å². The van der Waals surface area contributed by atoms with Crippen LogP contribution in [0.1, 0.15) is 30.0 Å². The first-order valence-electron chi connectivity index (χ1n) is 9.17. The molecule has 27 heavy (non-hydrogen) atoms. The van der Waals surface area contributed by atoms with Crippen LogP contribution in [0.4, 0.5) is 11.5 Å². The number of nitrogens with two attached hydrogens (primary N) is 1. The number of hydrogen-bond acceptors (Lipinski definition) is 7. The summed E-state index contributed by atoms with van der Waals surface area (Å²) >= 11 is 0. The molecule has 0 radical (unpaired) electrons. The maximum absolute atomic E-state index is 9.85. The number of aromatic nitrogens is 1. The Morgan fingerprint density at radius 2 is 1.93 bits per heavy atom. The number of hydrogen-bond donors (Lipinski definition) is 1. The fraction of sp³-hybridized carbons (Fsp3) is 0.400. The zero-order valence-corrected chi connectivity index (χ0v) is 15.1. The number of nitrogen functional groups attached to an aromatic ring is 1. The molecule has 7 heteroatoms. The van der Waals surface area contributed by atoms with Crippen LogP contribution in [0.2, 0.25) is 0 Å². The molecule has 4 aliphatic rings. The number of ether oxygens (including phenoxy) is 3. The molecule has 0 amide bonds. The molecular weight excluding hydrogens is 344 g/mol. The first kappa shape index (κ1) is 16.1. The highest BCUT2D eigenvalue weighted by Gasteiger charge is 2.37. The average Bonchev–Trinajstić information content (AvgIpc) is 2.72. The van der Waals surface area contributed by atoms with E-state index in [0.717, 1.165) is 48.4 Å². The van der Waals surface area contributed by atoms with Gasteiger partial charge in [0, 0.05) is 36.2 Å². The normalized spacial score (nSPS) is 17.4. The molecule has 1 aromatic heterocycles. The Bertz CT molecular complexity index is 974. The summed E-state index contributed by atoms with van der Waals surface area (Å²) in [5.74, 6) is 2.60. The summed E-state index contributed by atoms with van der Waals surface area (Å²) in [5.41, 5.74) is 10.2. The largest absolute Gasteiger partial charge is 0.496 e. The van der Waals surface area contributed by atoms with Gasteiger partial charge in [-0.25, -0.2) is 4.98 Å². The predicted molar refractivity (Wildman–Crippen MR) is 101 cm³/mol. The molecule has 1 aromatic carbocycles. The number of anilines is 2. The SMILES string of the molecule is COc1cc2c(cc1-c1c(C#N)c(N)nc3c1N1CCC3CC1)OCCO2. The number of rotatable bonds is 2. The summed E-state index contributed by atoms with van der Waals surface area (Å²) in [6.45, 7) is 2.93. The van der Waals surface area contributed by atoms with Gasteiger partial charge in [-0.15, -0.1) is 0 Å². The lowest BCUT2D eigenvalue weighted by molar-refractivity contribution is 0.171.